The SMILES string of the molecule is CCOC(=O)C(F)(F)[C@H](N)c1c(O)cc(Cl)cc1Cl.Cl. The minimum absolute atomic E-state index is 0. The zero-order chi connectivity index (χ0) is 14.8. The van der Waals surface area contributed by atoms with E-state index in [0.717, 1.165) is 12.1 Å². The second kappa shape index (κ2) is 7.26. The third-order valence-electron chi connectivity index (χ3n) is 2.32. The zero-order valence-electron chi connectivity index (χ0n) is 10.2. The third kappa shape index (κ3) is 3.85. The van der Waals surface area contributed by atoms with Gasteiger partial charge in [0.1, 0.15) is 11.8 Å². The van der Waals surface area contributed by atoms with Crippen molar-refractivity contribution in [2.75, 3.05) is 6.61 Å². The number of carbonyl (C=O) groups is 1. The normalized spacial score (nSPS) is 12.5. The molecule has 0 saturated carbocycles. The van der Waals surface area contributed by atoms with Gasteiger partial charge in [0.25, 0.3) is 0 Å². The minimum Gasteiger partial charge on any atom is -0.507 e. The summed E-state index contributed by atoms with van der Waals surface area (Å²) in [5.41, 5.74) is 4.85. The molecule has 0 unspecified atom stereocenters. The number of halogens is 5. The lowest BCUT2D eigenvalue weighted by atomic mass is 10.0. The van der Waals surface area contributed by atoms with E-state index in [1.54, 1.807) is 0 Å². The molecule has 0 aliphatic rings. The van der Waals surface area contributed by atoms with Crippen molar-refractivity contribution in [3.63, 3.8) is 0 Å². The maximum atomic E-state index is 13.7. The van der Waals surface area contributed by atoms with Crippen LogP contribution in [0.15, 0.2) is 12.1 Å². The van der Waals surface area contributed by atoms with Crippen molar-refractivity contribution in [1.29, 1.82) is 0 Å². The van der Waals surface area contributed by atoms with Gasteiger partial charge in [-0.25, -0.2) is 4.79 Å². The molecule has 1 rings (SSSR count). The van der Waals surface area contributed by atoms with E-state index in [1.807, 2.05) is 0 Å². The van der Waals surface area contributed by atoms with Crippen molar-refractivity contribution >= 4 is 41.6 Å². The van der Waals surface area contributed by atoms with E-state index in [9.17, 15) is 18.7 Å². The number of aromatic hydroxyl groups is 1. The van der Waals surface area contributed by atoms with Gasteiger partial charge in [0.05, 0.1) is 11.6 Å². The predicted molar refractivity (Wildman–Crippen MR) is 73.9 cm³/mol. The van der Waals surface area contributed by atoms with Gasteiger partial charge in [-0.05, 0) is 19.1 Å². The molecule has 0 bridgehead atoms. The molecule has 20 heavy (non-hydrogen) atoms. The first-order valence-corrected chi connectivity index (χ1v) is 5.95. The number of nitrogens with two attached hydrogens (primary N) is 1. The third-order valence-corrected chi connectivity index (χ3v) is 2.85. The molecule has 0 saturated heterocycles. The Balaban J connectivity index is 0.00000361. The molecule has 1 aromatic carbocycles. The van der Waals surface area contributed by atoms with Gasteiger partial charge in [0, 0.05) is 10.6 Å². The Morgan fingerprint density at radius 1 is 1.50 bits per heavy atom. The molecule has 0 spiro atoms. The molecule has 0 amide bonds. The maximum Gasteiger partial charge on any atom is 0.379 e. The Kier molecular flexibility index (Phi) is 6.97. The average molecular weight is 351 g/mol. The van der Waals surface area contributed by atoms with Crippen LogP contribution in [0.3, 0.4) is 0 Å². The number of hydrogen-bond acceptors (Lipinski definition) is 4. The summed E-state index contributed by atoms with van der Waals surface area (Å²) in [5.74, 6) is -6.42. The monoisotopic (exact) mass is 349 g/mol. The van der Waals surface area contributed by atoms with E-state index in [2.05, 4.69) is 4.74 Å². The maximum absolute atomic E-state index is 13.7. The smallest absolute Gasteiger partial charge is 0.379 e. The highest BCUT2D eigenvalue weighted by atomic mass is 35.5. The summed E-state index contributed by atoms with van der Waals surface area (Å²) in [4.78, 5) is 11.2. The number of benzene rings is 1. The van der Waals surface area contributed by atoms with Gasteiger partial charge in [0.2, 0.25) is 0 Å². The van der Waals surface area contributed by atoms with Crippen LogP contribution < -0.4 is 5.73 Å². The highest BCUT2D eigenvalue weighted by molar-refractivity contribution is 6.35. The number of phenolic OH excluding ortho intramolecular Hbond substituents is 1. The number of phenols is 1. The lowest BCUT2D eigenvalue weighted by molar-refractivity contribution is -0.174. The van der Waals surface area contributed by atoms with E-state index < -0.39 is 29.2 Å². The van der Waals surface area contributed by atoms with Gasteiger partial charge in [-0.2, -0.15) is 8.78 Å². The Bertz CT molecular complexity index is 477. The second-order valence-electron chi connectivity index (χ2n) is 3.64. The van der Waals surface area contributed by atoms with Gasteiger partial charge in [-0.1, -0.05) is 23.2 Å². The van der Waals surface area contributed by atoms with Gasteiger partial charge in [-0.3, -0.25) is 0 Å². The Morgan fingerprint density at radius 3 is 2.50 bits per heavy atom. The fourth-order valence-corrected chi connectivity index (χ4v) is 2.01. The summed E-state index contributed by atoms with van der Waals surface area (Å²) >= 11 is 11.3. The van der Waals surface area contributed by atoms with Crippen LogP contribution in [-0.2, 0) is 9.53 Å². The summed E-state index contributed by atoms with van der Waals surface area (Å²) in [6, 6.07) is -0.000314. The molecule has 1 aromatic rings. The summed E-state index contributed by atoms with van der Waals surface area (Å²) in [6.45, 7) is 1.16. The van der Waals surface area contributed by atoms with Crippen molar-refractivity contribution < 1.29 is 23.4 Å². The van der Waals surface area contributed by atoms with Crippen LogP contribution in [0.2, 0.25) is 10.0 Å². The molecule has 0 radical (unpaired) electrons. The van der Waals surface area contributed by atoms with E-state index >= 15 is 0 Å². The number of rotatable bonds is 4. The van der Waals surface area contributed by atoms with E-state index in [-0.39, 0.29) is 29.1 Å². The van der Waals surface area contributed by atoms with Crippen LogP contribution >= 0.6 is 35.6 Å². The van der Waals surface area contributed by atoms with E-state index in [1.165, 1.54) is 6.92 Å². The van der Waals surface area contributed by atoms with Gasteiger partial charge in [-0.15, -0.1) is 12.4 Å². The lowest BCUT2D eigenvalue weighted by Crippen LogP contribution is -2.41. The summed E-state index contributed by atoms with van der Waals surface area (Å²) in [6.07, 6.45) is 0. The number of esters is 1. The molecule has 0 aromatic heterocycles. The quantitative estimate of drug-likeness (QED) is 0.817. The van der Waals surface area contributed by atoms with Crippen LogP contribution in [0.5, 0.6) is 5.75 Å². The Morgan fingerprint density at radius 2 is 2.05 bits per heavy atom. The molecule has 0 heterocycles. The predicted octanol–water partition coefficient (Wildman–Crippen LogP) is 3.32. The first kappa shape index (κ1) is 19.2. The molecule has 1 atom stereocenters. The van der Waals surface area contributed by atoms with Gasteiger partial charge in [0.15, 0.2) is 0 Å². The first-order valence-electron chi connectivity index (χ1n) is 5.20. The van der Waals surface area contributed by atoms with Crippen LogP contribution in [-0.4, -0.2) is 23.6 Å². The lowest BCUT2D eigenvalue weighted by Gasteiger charge is -2.23. The minimum atomic E-state index is -4.02. The molecule has 0 fully saturated rings. The van der Waals surface area contributed by atoms with Crippen LogP contribution in [0.4, 0.5) is 8.78 Å². The Hall–Kier alpha value is -0.820. The fraction of sp³-hybridized carbons (Fsp3) is 0.364. The number of carbonyl (C=O) groups excluding carboxylic acids is 1. The van der Waals surface area contributed by atoms with Crippen LogP contribution in [0.25, 0.3) is 0 Å². The summed E-state index contributed by atoms with van der Waals surface area (Å²) in [5, 5.41) is 9.37. The number of ether oxygens (including phenoxy) is 1. The van der Waals surface area contributed by atoms with Crippen molar-refractivity contribution in [3.8, 4) is 5.75 Å². The average Bonchev–Trinajstić information content (AvgIpc) is 2.27. The summed E-state index contributed by atoms with van der Waals surface area (Å²) < 4.78 is 31.7. The second-order valence-corrected chi connectivity index (χ2v) is 4.49. The van der Waals surface area contributed by atoms with Gasteiger partial charge < -0.3 is 15.6 Å². The fourth-order valence-electron chi connectivity index (χ4n) is 1.41. The van der Waals surface area contributed by atoms with Crippen LogP contribution in [0, 0.1) is 0 Å². The van der Waals surface area contributed by atoms with E-state index in [0.29, 0.717) is 0 Å². The van der Waals surface area contributed by atoms with Crippen molar-refractivity contribution in [1.82, 2.24) is 0 Å². The molecule has 0 aliphatic heterocycles. The first-order chi connectivity index (χ1) is 8.71. The van der Waals surface area contributed by atoms with Gasteiger partial charge >= 0.3 is 11.9 Å². The van der Waals surface area contributed by atoms with Crippen molar-refractivity contribution in [2.45, 2.75) is 18.9 Å². The van der Waals surface area contributed by atoms with Crippen molar-refractivity contribution in [2.24, 2.45) is 5.73 Å². The van der Waals surface area contributed by atoms with Crippen LogP contribution in [0.1, 0.15) is 18.5 Å². The molecule has 114 valence electrons. The highest BCUT2D eigenvalue weighted by Gasteiger charge is 2.49. The molecule has 0 aliphatic carbocycles. The number of hydrogen-bond donors (Lipinski definition) is 2. The molecular weight excluding hydrogens is 338 g/mol. The molecule has 4 nitrogen and oxygen atoms in total. The molecular formula is C11H12Cl3F2NO3. The largest absolute Gasteiger partial charge is 0.507 e. The van der Waals surface area contributed by atoms with E-state index in [4.69, 9.17) is 28.9 Å². The van der Waals surface area contributed by atoms with Crippen molar-refractivity contribution in [3.05, 3.63) is 27.7 Å². The highest BCUT2D eigenvalue weighted by Crippen LogP contribution is 2.40. The summed E-state index contributed by atoms with van der Waals surface area (Å²) in [7, 11) is 0. The Labute approximate surface area is 130 Å². The zero-order valence-corrected chi connectivity index (χ0v) is 12.5. The standard InChI is InChI=1S/C11H11Cl2F2NO3.ClH/c1-2-19-10(18)11(14,15)9(16)8-6(13)3-5(12)4-7(8)17;/h3-4,9,17H,2,16H2,1H3;1H/t9-;/m1./s1. The molecule has 9 heteroatoms. The number of alkyl halides is 2. The molecule has 3 N–H and O–H groups in total. The topological polar surface area (TPSA) is 72.5 Å².